The van der Waals surface area contributed by atoms with Gasteiger partial charge in [-0.1, -0.05) is 45.7 Å². The van der Waals surface area contributed by atoms with Gasteiger partial charge < -0.3 is 16.4 Å². The number of nitrogens with two attached hydrogens (primary N) is 1. The van der Waals surface area contributed by atoms with E-state index < -0.39 is 0 Å². The van der Waals surface area contributed by atoms with Crippen LogP contribution in [0.3, 0.4) is 0 Å². The molecule has 1 fully saturated rings. The third-order valence-corrected chi connectivity index (χ3v) is 6.16. The minimum Gasteiger partial charge on any atom is -0.367 e. The van der Waals surface area contributed by atoms with E-state index in [0.29, 0.717) is 23.7 Å². The lowest BCUT2D eigenvalue weighted by Crippen LogP contribution is -2.33. The molecule has 4 rings (SSSR count). The lowest BCUT2D eigenvalue weighted by Gasteiger charge is -2.27. The van der Waals surface area contributed by atoms with Crippen molar-refractivity contribution in [2.24, 2.45) is 5.73 Å². The summed E-state index contributed by atoms with van der Waals surface area (Å²) in [5.41, 5.74) is 8.88. The number of aromatic nitrogens is 2. The molecule has 30 heavy (non-hydrogen) atoms. The molecule has 0 bridgehead atoms. The molecule has 1 aliphatic rings. The second-order valence-corrected chi connectivity index (χ2v) is 9.02. The van der Waals surface area contributed by atoms with Gasteiger partial charge in [0.25, 0.3) is 0 Å². The number of pyridine rings is 2. The van der Waals surface area contributed by atoms with Crippen LogP contribution in [-0.4, -0.2) is 22.1 Å². The van der Waals surface area contributed by atoms with Gasteiger partial charge in [0, 0.05) is 34.9 Å². The highest BCUT2D eigenvalue weighted by molar-refractivity contribution is 9.10. The van der Waals surface area contributed by atoms with Crippen molar-refractivity contribution in [1.29, 1.82) is 0 Å². The molecule has 0 saturated heterocycles. The molecular formula is C23H25BrClN5. The summed E-state index contributed by atoms with van der Waals surface area (Å²) in [6.07, 6.45) is 5.91. The molecule has 156 valence electrons. The number of nitrogens with one attached hydrogen (secondary N) is 2. The zero-order chi connectivity index (χ0) is 20.9. The maximum atomic E-state index is 6.46. The van der Waals surface area contributed by atoms with E-state index in [-0.39, 0.29) is 0 Å². The van der Waals surface area contributed by atoms with E-state index in [1.165, 1.54) is 5.56 Å². The molecule has 0 aliphatic heterocycles. The Balaban J connectivity index is 1.48. The fourth-order valence-corrected chi connectivity index (χ4v) is 4.36. The van der Waals surface area contributed by atoms with Crippen LogP contribution in [0.25, 0.3) is 11.3 Å². The molecule has 1 aromatic carbocycles. The second kappa shape index (κ2) is 9.77. The third kappa shape index (κ3) is 5.50. The van der Waals surface area contributed by atoms with E-state index in [1.54, 1.807) is 6.20 Å². The quantitative estimate of drug-likeness (QED) is 0.407. The minimum atomic E-state index is 0.327. The summed E-state index contributed by atoms with van der Waals surface area (Å²) in [6, 6.07) is 16.8. The normalized spacial score (nSPS) is 18.8. The van der Waals surface area contributed by atoms with Crippen LogP contribution in [0.2, 0.25) is 5.02 Å². The summed E-state index contributed by atoms with van der Waals surface area (Å²) in [5, 5.41) is 7.50. The number of nitrogens with zero attached hydrogens (tertiary/aromatic N) is 2. The number of hydrogen-bond donors (Lipinski definition) is 3. The van der Waals surface area contributed by atoms with Gasteiger partial charge >= 0.3 is 0 Å². The predicted octanol–water partition coefficient (Wildman–Crippen LogP) is 5.85. The Labute approximate surface area is 190 Å². The molecule has 0 radical (unpaired) electrons. The Morgan fingerprint density at radius 1 is 1.03 bits per heavy atom. The molecule has 0 atom stereocenters. The first-order valence-corrected chi connectivity index (χ1v) is 11.4. The van der Waals surface area contributed by atoms with Crippen LogP contribution in [0.15, 0.2) is 59.2 Å². The first kappa shape index (κ1) is 21.1. The Morgan fingerprint density at radius 3 is 2.63 bits per heavy atom. The van der Waals surface area contributed by atoms with Crippen molar-refractivity contribution in [3.05, 3.63) is 69.8 Å². The van der Waals surface area contributed by atoms with Crippen LogP contribution in [-0.2, 0) is 6.54 Å². The number of benzene rings is 1. The highest BCUT2D eigenvalue weighted by Crippen LogP contribution is 2.30. The number of rotatable bonds is 6. The van der Waals surface area contributed by atoms with Gasteiger partial charge in [-0.25, -0.2) is 9.97 Å². The lowest BCUT2D eigenvalue weighted by atomic mass is 9.92. The van der Waals surface area contributed by atoms with E-state index in [1.807, 2.05) is 36.4 Å². The molecule has 1 aliphatic carbocycles. The molecule has 0 spiro atoms. The molecule has 4 N–H and O–H groups in total. The average Bonchev–Trinajstić information content (AvgIpc) is 2.75. The molecule has 1 saturated carbocycles. The third-order valence-electron chi connectivity index (χ3n) is 5.37. The summed E-state index contributed by atoms with van der Waals surface area (Å²) in [7, 11) is 0. The van der Waals surface area contributed by atoms with Crippen LogP contribution in [0.4, 0.5) is 11.6 Å². The smallest absolute Gasteiger partial charge is 0.126 e. The summed E-state index contributed by atoms with van der Waals surface area (Å²) < 4.78 is 1.06. The Bertz CT molecular complexity index is 1000. The van der Waals surface area contributed by atoms with Crippen molar-refractivity contribution < 1.29 is 0 Å². The first-order valence-electron chi connectivity index (χ1n) is 10.2. The van der Waals surface area contributed by atoms with Crippen molar-refractivity contribution in [3.63, 3.8) is 0 Å². The van der Waals surface area contributed by atoms with Crippen molar-refractivity contribution in [2.45, 2.75) is 44.3 Å². The highest BCUT2D eigenvalue weighted by atomic mass is 79.9. The van der Waals surface area contributed by atoms with Crippen LogP contribution >= 0.6 is 27.5 Å². The molecule has 7 heteroatoms. The van der Waals surface area contributed by atoms with Gasteiger partial charge in [-0.05, 0) is 61.6 Å². The lowest BCUT2D eigenvalue weighted by molar-refractivity contribution is 0.410. The highest BCUT2D eigenvalue weighted by Gasteiger charge is 2.19. The monoisotopic (exact) mass is 485 g/mol. The van der Waals surface area contributed by atoms with Gasteiger partial charge in [0.2, 0.25) is 0 Å². The second-order valence-electron chi connectivity index (χ2n) is 7.70. The van der Waals surface area contributed by atoms with Crippen molar-refractivity contribution in [2.75, 3.05) is 10.6 Å². The summed E-state index contributed by atoms with van der Waals surface area (Å²) in [4.78, 5) is 9.22. The van der Waals surface area contributed by atoms with Gasteiger partial charge in [-0.3, -0.25) is 0 Å². The molecule has 3 aromatic rings. The first-order chi connectivity index (χ1) is 14.6. The summed E-state index contributed by atoms with van der Waals surface area (Å²) in [5.74, 6) is 1.63. The Hall–Kier alpha value is -2.15. The molecule has 2 heterocycles. The van der Waals surface area contributed by atoms with Crippen LogP contribution in [0, 0.1) is 0 Å². The molecule has 0 amide bonds. The number of anilines is 2. The molecular weight excluding hydrogens is 462 g/mol. The standard InChI is InChI=1S/C23H25BrClN5/c24-16-4-1-3-15(11-16)13-27-22-6-2-5-21(30-22)19-12-23(28-14-20(19)25)29-18-9-7-17(26)8-10-18/h1-6,11-12,14,17-18H,7-10,13,26H2,(H,27,30)(H,28,29)/t17-,18-. The maximum Gasteiger partial charge on any atom is 0.126 e. The fourth-order valence-electron chi connectivity index (χ4n) is 3.71. The van der Waals surface area contributed by atoms with Crippen molar-refractivity contribution in [1.82, 2.24) is 9.97 Å². The van der Waals surface area contributed by atoms with Crippen LogP contribution in [0.5, 0.6) is 0 Å². The van der Waals surface area contributed by atoms with E-state index >= 15 is 0 Å². The Morgan fingerprint density at radius 2 is 1.83 bits per heavy atom. The van der Waals surface area contributed by atoms with Gasteiger partial charge in [-0.15, -0.1) is 0 Å². The molecule has 2 aromatic heterocycles. The SMILES string of the molecule is N[C@H]1CC[C@H](Nc2cc(-c3cccc(NCc4cccc(Br)c4)n3)c(Cl)cn2)CC1. The van der Waals surface area contributed by atoms with Gasteiger partial charge in [0.15, 0.2) is 0 Å². The number of halogens is 2. The molecule has 0 unspecified atom stereocenters. The average molecular weight is 487 g/mol. The van der Waals surface area contributed by atoms with E-state index in [2.05, 4.69) is 43.7 Å². The fraction of sp³-hybridized carbons (Fsp3) is 0.304. The Kier molecular flexibility index (Phi) is 6.87. The van der Waals surface area contributed by atoms with Gasteiger partial charge in [0.05, 0.1) is 10.7 Å². The van der Waals surface area contributed by atoms with Crippen LogP contribution < -0.4 is 16.4 Å². The van der Waals surface area contributed by atoms with E-state index in [9.17, 15) is 0 Å². The van der Waals surface area contributed by atoms with Crippen LogP contribution in [0.1, 0.15) is 31.2 Å². The van der Waals surface area contributed by atoms with Crippen molar-refractivity contribution >= 4 is 39.2 Å². The zero-order valence-electron chi connectivity index (χ0n) is 16.6. The zero-order valence-corrected chi connectivity index (χ0v) is 19.0. The van der Waals surface area contributed by atoms with Gasteiger partial charge in [-0.2, -0.15) is 0 Å². The summed E-state index contributed by atoms with van der Waals surface area (Å²) >= 11 is 9.97. The predicted molar refractivity (Wildman–Crippen MR) is 128 cm³/mol. The topological polar surface area (TPSA) is 75.9 Å². The van der Waals surface area contributed by atoms with Gasteiger partial charge in [0.1, 0.15) is 11.6 Å². The van der Waals surface area contributed by atoms with E-state index in [4.69, 9.17) is 22.3 Å². The minimum absolute atomic E-state index is 0.327. The number of hydrogen-bond acceptors (Lipinski definition) is 5. The summed E-state index contributed by atoms with van der Waals surface area (Å²) in [6.45, 7) is 0.691. The van der Waals surface area contributed by atoms with Crippen molar-refractivity contribution in [3.8, 4) is 11.3 Å². The molecule has 5 nitrogen and oxygen atoms in total. The maximum absolute atomic E-state index is 6.46. The largest absolute Gasteiger partial charge is 0.367 e. The van der Waals surface area contributed by atoms with E-state index in [0.717, 1.165) is 53.0 Å².